The Labute approximate surface area is 177 Å². The fraction of sp³-hybridized carbons (Fsp3) is 0.250. The standard InChI is InChI=1S/C24H26ClNOS/c1-2-9-23(26)24(25,20-12-7-4-8-13-20)28-22-16-14-21(15-17-22)27-18-19-10-5-3-6-11-19/h3-8,10-17,23H,2,9,18,26H2,1H3. The molecule has 0 aliphatic heterocycles. The van der Waals surface area contributed by atoms with Gasteiger partial charge in [0, 0.05) is 10.9 Å². The lowest BCUT2D eigenvalue weighted by Gasteiger charge is -2.33. The van der Waals surface area contributed by atoms with E-state index in [1.54, 1.807) is 11.8 Å². The highest BCUT2D eigenvalue weighted by Crippen LogP contribution is 2.48. The number of rotatable bonds is 9. The summed E-state index contributed by atoms with van der Waals surface area (Å²) in [6.45, 7) is 2.68. The Balaban J connectivity index is 1.72. The summed E-state index contributed by atoms with van der Waals surface area (Å²) in [5.74, 6) is 0.839. The van der Waals surface area contributed by atoms with Crippen LogP contribution < -0.4 is 10.5 Å². The van der Waals surface area contributed by atoms with Crippen LogP contribution in [0.1, 0.15) is 30.9 Å². The van der Waals surface area contributed by atoms with Crippen molar-refractivity contribution in [2.45, 2.75) is 41.5 Å². The summed E-state index contributed by atoms with van der Waals surface area (Å²) in [6.07, 6.45) is 1.86. The highest BCUT2D eigenvalue weighted by molar-refractivity contribution is 8.01. The third-order valence-electron chi connectivity index (χ3n) is 4.58. The van der Waals surface area contributed by atoms with Gasteiger partial charge in [-0.3, -0.25) is 0 Å². The molecule has 0 bridgehead atoms. The predicted molar refractivity (Wildman–Crippen MR) is 120 cm³/mol. The molecule has 2 nitrogen and oxygen atoms in total. The van der Waals surface area contributed by atoms with Crippen molar-refractivity contribution in [1.82, 2.24) is 0 Å². The second-order valence-electron chi connectivity index (χ2n) is 6.75. The largest absolute Gasteiger partial charge is 0.489 e. The molecule has 0 aliphatic carbocycles. The minimum absolute atomic E-state index is 0.152. The molecule has 2 unspecified atom stereocenters. The summed E-state index contributed by atoms with van der Waals surface area (Å²) in [4.78, 5) is 1.07. The highest BCUT2D eigenvalue weighted by atomic mass is 35.5. The van der Waals surface area contributed by atoms with Gasteiger partial charge in [-0.1, -0.05) is 97.4 Å². The fourth-order valence-corrected chi connectivity index (χ4v) is 4.67. The molecule has 3 aromatic carbocycles. The molecule has 2 atom stereocenters. The van der Waals surface area contributed by atoms with E-state index in [4.69, 9.17) is 22.1 Å². The molecule has 0 saturated heterocycles. The number of benzene rings is 3. The smallest absolute Gasteiger partial charge is 0.134 e. The lowest BCUT2D eigenvalue weighted by Crippen LogP contribution is -2.38. The third kappa shape index (κ3) is 5.32. The molecule has 0 radical (unpaired) electrons. The van der Waals surface area contributed by atoms with Gasteiger partial charge in [-0.05, 0) is 41.8 Å². The van der Waals surface area contributed by atoms with Crippen LogP contribution in [0.3, 0.4) is 0 Å². The van der Waals surface area contributed by atoms with E-state index in [9.17, 15) is 0 Å². The monoisotopic (exact) mass is 411 g/mol. The van der Waals surface area contributed by atoms with Crippen molar-refractivity contribution in [2.75, 3.05) is 0 Å². The number of nitrogens with two attached hydrogens (primary N) is 1. The van der Waals surface area contributed by atoms with E-state index >= 15 is 0 Å². The number of halogens is 1. The zero-order valence-electron chi connectivity index (χ0n) is 16.1. The number of hydrogen-bond acceptors (Lipinski definition) is 3. The minimum Gasteiger partial charge on any atom is -0.489 e. The summed E-state index contributed by atoms with van der Waals surface area (Å²) in [5.41, 5.74) is 8.69. The fourth-order valence-electron chi connectivity index (χ4n) is 3.03. The average molecular weight is 412 g/mol. The molecule has 0 aliphatic rings. The van der Waals surface area contributed by atoms with Gasteiger partial charge in [-0.15, -0.1) is 0 Å². The molecular weight excluding hydrogens is 386 g/mol. The van der Waals surface area contributed by atoms with Crippen LogP contribution in [0.4, 0.5) is 0 Å². The van der Waals surface area contributed by atoms with Crippen LogP contribution >= 0.6 is 23.4 Å². The molecule has 4 heteroatoms. The van der Waals surface area contributed by atoms with E-state index in [2.05, 4.69) is 19.1 Å². The first kappa shape index (κ1) is 20.8. The van der Waals surface area contributed by atoms with Crippen molar-refractivity contribution in [3.8, 4) is 5.75 Å². The van der Waals surface area contributed by atoms with Gasteiger partial charge < -0.3 is 10.5 Å². The topological polar surface area (TPSA) is 35.2 Å². The predicted octanol–water partition coefficient (Wildman–Crippen LogP) is 6.58. The zero-order chi connectivity index (χ0) is 19.8. The first-order valence-electron chi connectivity index (χ1n) is 9.57. The van der Waals surface area contributed by atoms with E-state index in [-0.39, 0.29) is 6.04 Å². The van der Waals surface area contributed by atoms with Crippen molar-refractivity contribution in [3.63, 3.8) is 0 Å². The van der Waals surface area contributed by atoms with Gasteiger partial charge in [0.25, 0.3) is 0 Å². The van der Waals surface area contributed by atoms with Crippen LogP contribution in [0.15, 0.2) is 89.8 Å². The second kappa shape index (κ2) is 10.0. The molecule has 0 spiro atoms. The Hall–Kier alpha value is -1.94. The van der Waals surface area contributed by atoms with E-state index in [0.29, 0.717) is 6.61 Å². The lowest BCUT2D eigenvalue weighted by atomic mass is 10.0. The number of alkyl halides is 1. The Morgan fingerprint density at radius 3 is 2.14 bits per heavy atom. The molecule has 0 aromatic heterocycles. The molecule has 0 saturated carbocycles. The van der Waals surface area contributed by atoms with Gasteiger partial charge in [0.1, 0.15) is 16.6 Å². The average Bonchev–Trinajstić information content (AvgIpc) is 2.75. The second-order valence-corrected chi connectivity index (χ2v) is 8.89. The molecule has 28 heavy (non-hydrogen) atoms. The van der Waals surface area contributed by atoms with Gasteiger partial charge in [-0.2, -0.15) is 0 Å². The molecule has 0 fully saturated rings. The Morgan fingerprint density at radius 1 is 0.929 bits per heavy atom. The quantitative estimate of drug-likeness (QED) is 0.319. The van der Waals surface area contributed by atoms with E-state index in [1.807, 2.05) is 72.8 Å². The van der Waals surface area contributed by atoms with E-state index in [0.717, 1.165) is 34.6 Å². The minimum atomic E-state index is -0.705. The van der Waals surface area contributed by atoms with Crippen LogP contribution in [-0.2, 0) is 10.8 Å². The maximum atomic E-state index is 7.12. The van der Waals surface area contributed by atoms with Crippen molar-refractivity contribution in [1.29, 1.82) is 0 Å². The number of ether oxygens (including phenoxy) is 1. The molecular formula is C24H26ClNOS. The van der Waals surface area contributed by atoms with Gasteiger partial charge in [-0.25, -0.2) is 0 Å². The third-order valence-corrected chi connectivity index (χ3v) is 6.66. The number of thioether (sulfide) groups is 1. The summed E-state index contributed by atoms with van der Waals surface area (Å²) in [6, 6.07) is 28.2. The van der Waals surface area contributed by atoms with Crippen molar-refractivity contribution >= 4 is 23.4 Å². The molecule has 3 aromatic rings. The Morgan fingerprint density at radius 2 is 1.54 bits per heavy atom. The highest BCUT2D eigenvalue weighted by Gasteiger charge is 2.37. The van der Waals surface area contributed by atoms with Crippen molar-refractivity contribution in [2.24, 2.45) is 5.73 Å². The van der Waals surface area contributed by atoms with Crippen molar-refractivity contribution < 1.29 is 4.74 Å². The van der Waals surface area contributed by atoms with Crippen LogP contribution in [0.2, 0.25) is 0 Å². The van der Waals surface area contributed by atoms with Gasteiger partial charge in [0.15, 0.2) is 0 Å². The SMILES string of the molecule is CCCC(N)C(Cl)(Sc1ccc(OCc2ccccc2)cc1)c1ccccc1. The maximum Gasteiger partial charge on any atom is 0.134 e. The van der Waals surface area contributed by atoms with E-state index in [1.165, 1.54) is 0 Å². The van der Waals surface area contributed by atoms with Crippen LogP contribution in [0.25, 0.3) is 0 Å². The Kier molecular flexibility index (Phi) is 7.43. The lowest BCUT2D eigenvalue weighted by molar-refractivity contribution is 0.306. The van der Waals surface area contributed by atoms with E-state index < -0.39 is 4.21 Å². The Bertz CT molecular complexity index is 841. The van der Waals surface area contributed by atoms with Crippen molar-refractivity contribution in [3.05, 3.63) is 96.1 Å². The van der Waals surface area contributed by atoms with Crippen LogP contribution in [-0.4, -0.2) is 6.04 Å². The summed E-state index contributed by atoms with van der Waals surface area (Å²) in [7, 11) is 0. The van der Waals surface area contributed by atoms with Gasteiger partial charge in [0.2, 0.25) is 0 Å². The first-order chi connectivity index (χ1) is 13.6. The van der Waals surface area contributed by atoms with Crippen LogP contribution in [0.5, 0.6) is 5.75 Å². The zero-order valence-corrected chi connectivity index (χ0v) is 17.6. The molecule has 3 rings (SSSR count). The van der Waals surface area contributed by atoms with Gasteiger partial charge >= 0.3 is 0 Å². The van der Waals surface area contributed by atoms with Gasteiger partial charge in [0.05, 0.1) is 0 Å². The number of hydrogen-bond donors (Lipinski definition) is 1. The molecule has 146 valence electrons. The molecule has 2 N–H and O–H groups in total. The first-order valence-corrected chi connectivity index (χ1v) is 10.8. The molecule has 0 amide bonds. The normalized spacial score (nSPS) is 14.2. The summed E-state index contributed by atoms with van der Waals surface area (Å²) < 4.78 is 5.18. The maximum absolute atomic E-state index is 7.12. The molecule has 0 heterocycles. The summed E-state index contributed by atoms with van der Waals surface area (Å²) >= 11 is 8.72. The van der Waals surface area contributed by atoms with Crippen LogP contribution in [0, 0.1) is 0 Å². The summed E-state index contributed by atoms with van der Waals surface area (Å²) in [5, 5.41) is 0.